The number of likely N-dealkylation sites (N-methyl/N-ethyl adjacent to an activating group) is 1. The van der Waals surface area contributed by atoms with Gasteiger partial charge in [-0.25, -0.2) is 4.98 Å². The highest BCUT2D eigenvalue weighted by Gasteiger charge is 2.19. The zero-order chi connectivity index (χ0) is 17.8. The number of H-pyrrole nitrogens is 1. The quantitative estimate of drug-likeness (QED) is 0.689. The zero-order valence-electron chi connectivity index (χ0n) is 14.8. The maximum absolute atomic E-state index is 12.5. The van der Waals surface area contributed by atoms with E-state index in [1.165, 1.54) is 0 Å². The summed E-state index contributed by atoms with van der Waals surface area (Å²) in [5.41, 5.74) is 8.32. The minimum Gasteiger partial charge on any atom is -0.361 e. The molecule has 0 saturated heterocycles. The van der Waals surface area contributed by atoms with Gasteiger partial charge in [0.15, 0.2) is 0 Å². The number of hydrogen-bond acceptors (Lipinski definition) is 3. The number of fused-ring (bicyclic) bond motifs is 1. The van der Waals surface area contributed by atoms with Crippen molar-refractivity contribution in [2.45, 2.75) is 25.3 Å². The Morgan fingerprint density at radius 3 is 2.96 bits per heavy atom. The van der Waals surface area contributed by atoms with E-state index < -0.39 is 6.04 Å². The fourth-order valence-electron chi connectivity index (χ4n) is 3.13. The molecule has 0 unspecified atom stereocenters. The molecule has 3 aromatic rings. The first kappa shape index (κ1) is 17.2. The number of aryl methyl sites for hydroxylation is 2. The minimum atomic E-state index is -0.530. The largest absolute Gasteiger partial charge is 0.361 e. The Morgan fingerprint density at radius 2 is 2.20 bits per heavy atom. The summed E-state index contributed by atoms with van der Waals surface area (Å²) in [4.78, 5) is 21.8. The van der Waals surface area contributed by atoms with Crippen molar-refractivity contribution < 1.29 is 4.79 Å². The van der Waals surface area contributed by atoms with Crippen LogP contribution in [0.4, 0.5) is 0 Å². The van der Waals surface area contributed by atoms with Crippen molar-refractivity contribution in [1.82, 2.24) is 19.4 Å². The van der Waals surface area contributed by atoms with Crippen LogP contribution in [0.15, 0.2) is 42.9 Å². The number of nitrogens with two attached hydrogens (primary N) is 1. The number of nitrogens with one attached hydrogen (secondary N) is 1. The Balaban J connectivity index is 1.53. The highest BCUT2D eigenvalue weighted by molar-refractivity contribution is 5.86. The number of carbonyl (C=O) groups is 1. The third-order valence-corrected chi connectivity index (χ3v) is 4.62. The van der Waals surface area contributed by atoms with Crippen molar-refractivity contribution in [2.75, 3.05) is 13.6 Å². The summed E-state index contributed by atoms with van der Waals surface area (Å²) < 4.78 is 2.00. The van der Waals surface area contributed by atoms with Crippen molar-refractivity contribution in [3.05, 3.63) is 54.2 Å². The molecule has 0 radical (unpaired) electrons. The van der Waals surface area contributed by atoms with Gasteiger partial charge in [0.05, 0.1) is 6.04 Å². The lowest BCUT2D eigenvalue weighted by atomic mass is 10.0. The van der Waals surface area contributed by atoms with Crippen molar-refractivity contribution in [3.63, 3.8) is 0 Å². The van der Waals surface area contributed by atoms with Crippen molar-refractivity contribution >= 4 is 16.8 Å². The Labute approximate surface area is 147 Å². The van der Waals surface area contributed by atoms with Gasteiger partial charge in [0.1, 0.15) is 5.82 Å². The van der Waals surface area contributed by atoms with Crippen molar-refractivity contribution in [1.29, 1.82) is 0 Å². The fourth-order valence-corrected chi connectivity index (χ4v) is 3.13. The van der Waals surface area contributed by atoms with Crippen LogP contribution >= 0.6 is 0 Å². The molecule has 0 aliphatic rings. The monoisotopic (exact) mass is 339 g/mol. The van der Waals surface area contributed by atoms with Gasteiger partial charge in [-0.1, -0.05) is 18.2 Å². The molecule has 6 nitrogen and oxygen atoms in total. The molecule has 1 aromatic carbocycles. The van der Waals surface area contributed by atoms with Gasteiger partial charge in [-0.05, 0) is 24.5 Å². The lowest BCUT2D eigenvalue weighted by Gasteiger charge is -2.21. The van der Waals surface area contributed by atoms with Crippen LogP contribution in [0.5, 0.6) is 0 Å². The van der Waals surface area contributed by atoms with Crippen LogP contribution in [0.1, 0.15) is 17.8 Å². The summed E-state index contributed by atoms with van der Waals surface area (Å²) in [6.45, 7) is 0.674. The predicted octanol–water partition coefficient (Wildman–Crippen LogP) is 1.86. The smallest absolute Gasteiger partial charge is 0.239 e. The van der Waals surface area contributed by atoms with Gasteiger partial charge >= 0.3 is 0 Å². The predicted molar refractivity (Wildman–Crippen MR) is 99.1 cm³/mol. The van der Waals surface area contributed by atoms with Crippen LogP contribution in [-0.4, -0.2) is 45.0 Å². The molecule has 0 aliphatic carbocycles. The number of nitrogens with zero attached hydrogens (tertiary/aromatic N) is 3. The Morgan fingerprint density at radius 1 is 1.40 bits per heavy atom. The Kier molecular flexibility index (Phi) is 5.19. The molecule has 0 saturated carbocycles. The summed E-state index contributed by atoms with van der Waals surface area (Å²) in [6, 6.07) is 7.53. The van der Waals surface area contributed by atoms with Gasteiger partial charge in [-0.15, -0.1) is 0 Å². The molecular weight excluding hydrogens is 314 g/mol. The summed E-state index contributed by atoms with van der Waals surface area (Å²) in [7, 11) is 3.80. The average Bonchev–Trinajstić information content (AvgIpc) is 3.21. The van der Waals surface area contributed by atoms with Gasteiger partial charge in [-0.3, -0.25) is 4.79 Å². The van der Waals surface area contributed by atoms with Crippen LogP contribution in [0.3, 0.4) is 0 Å². The molecule has 2 heterocycles. The highest BCUT2D eigenvalue weighted by atomic mass is 16.2. The molecule has 3 rings (SSSR count). The third kappa shape index (κ3) is 3.91. The van der Waals surface area contributed by atoms with E-state index in [9.17, 15) is 4.79 Å². The molecule has 25 heavy (non-hydrogen) atoms. The van der Waals surface area contributed by atoms with E-state index in [0.29, 0.717) is 13.0 Å². The molecule has 3 N–H and O–H groups in total. The number of carbonyl (C=O) groups excluding carboxylic acids is 1. The number of amides is 1. The van der Waals surface area contributed by atoms with Gasteiger partial charge < -0.3 is 20.2 Å². The molecular formula is C19H25N5O. The molecule has 1 atom stereocenters. The molecule has 0 aliphatic heterocycles. The summed E-state index contributed by atoms with van der Waals surface area (Å²) in [5, 5.41) is 1.13. The van der Waals surface area contributed by atoms with E-state index in [2.05, 4.69) is 16.0 Å². The second-order valence-corrected chi connectivity index (χ2v) is 6.49. The Bertz CT molecular complexity index is 850. The van der Waals surface area contributed by atoms with Gasteiger partial charge in [0.2, 0.25) is 5.91 Å². The molecule has 2 aromatic heterocycles. The number of aromatic nitrogens is 3. The minimum absolute atomic E-state index is 0.0230. The van der Waals surface area contributed by atoms with Crippen LogP contribution in [0.2, 0.25) is 0 Å². The van der Waals surface area contributed by atoms with Gasteiger partial charge in [0, 0.05) is 56.6 Å². The SMILES string of the molecule is CN(CCCc1nccn1C)C(=O)[C@@H](N)Cc1c[nH]c2ccccc12. The highest BCUT2D eigenvalue weighted by Crippen LogP contribution is 2.19. The van der Waals surface area contributed by atoms with Crippen molar-refractivity contribution in [2.24, 2.45) is 12.8 Å². The molecule has 0 fully saturated rings. The first-order valence-corrected chi connectivity index (χ1v) is 8.58. The first-order chi connectivity index (χ1) is 12.1. The van der Waals surface area contributed by atoms with Crippen LogP contribution < -0.4 is 5.73 Å². The topological polar surface area (TPSA) is 79.9 Å². The summed E-state index contributed by atoms with van der Waals surface area (Å²) in [5.74, 6) is 1.01. The molecule has 132 valence electrons. The zero-order valence-corrected chi connectivity index (χ0v) is 14.8. The number of imidazole rings is 1. The van der Waals surface area contributed by atoms with Gasteiger partial charge in [0.25, 0.3) is 0 Å². The van der Waals surface area contributed by atoms with Gasteiger partial charge in [-0.2, -0.15) is 0 Å². The number of para-hydroxylation sites is 1. The second kappa shape index (κ2) is 7.53. The number of rotatable bonds is 7. The third-order valence-electron chi connectivity index (χ3n) is 4.62. The lowest BCUT2D eigenvalue weighted by Crippen LogP contribution is -2.43. The molecule has 6 heteroatoms. The number of aromatic amines is 1. The average molecular weight is 339 g/mol. The maximum Gasteiger partial charge on any atom is 0.239 e. The van der Waals surface area contributed by atoms with Crippen LogP contribution in [0, 0.1) is 0 Å². The lowest BCUT2D eigenvalue weighted by molar-refractivity contribution is -0.131. The fraction of sp³-hybridized carbons (Fsp3) is 0.368. The summed E-state index contributed by atoms with van der Waals surface area (Å²) >= 11 is 0. The van der Waals surface area contributed by atoms with E-state index in [0.717, 1.165) is 35.1 Å². The van der Waals surface area contributed by atoms with Crippen LogP contribution in [0.25, 0.3) is 10.9 Å². The van der Waals surface area contributed by atoms with E-state index >= 15 is 0 Å². The first-order valence-electron chi connectivity index (χ1n) is 8.58. The normalized spacial score (nSPS) is 12.4. The van der Waals surface area contributed by atoms with E-state index in [-0.39, 0.29) is 5.91 Å². The van der Waals surface area contributed by atoms with E-state index in [1.54, 1.807) is 11.1 Å². The van der Waals surface area contributed by atoms with Crippen molar-refractivity contribution in [3.8, 4) is 0 Å². The Hall–Kier alpha value is -2.60. The summed E-state index contributed by atoms with van der Waals surface area (Å²) in [6.07, 6.45) is 7.92. The molecule has 0 bridgehead atoms. The molecule has 0 spiro atoms. The maximum atomic E-state index is 12.5. The number of benzene rings is 1. The second-order valence-electron chi connectivity index (χ2n) is 6.49. The standard InChI is InChI=1S/C19H25N5O/c1-23-11-9-21-18(23)8-5-10-24(2)19(25)16(20)12-14-13-22-17-7-4-3-6-15(14)17/h3-4,6-7,9,11,13,16,22H,5,8,10,12,20H2,1-2H3/t16-/m0/s1. The number of hydrogen-bond donors (Lipinski definition) is 2. The van der Waals surface area contributed by atoms with Crippen LogP contribution in [-0.2, 0) is 24.7 Å². The van der Waals surface area contributed by atoms with E-state index in [1.807, 2.05) is 49.3 Å². The van der Waals surface area contributed by atoms with E-state index in [4.69, 9.17) is 5.73 Å². The molecule has 1 amide bonds.